The van der Waals surface area contributed by atoms with Crippen molar-refractivity contribution in [2.24, 2.45) is 0 Å². The lowest BCUT2D eigenvalue weighted by Crippen LogP contribution is -2.20. The van der Waals surface area contributed by atoms with E-state index < -0.39 is 15.1 Å². The number of halogens is 3. The van der Waals surface area contributed by atoms with Crippen molar-refractivity contribution in [2.45, 2.75) is 17.0 Å². The molecule has 2 atom stereocenters. The van der Waals surface area contributed by atoms with Crippen LogP contribution < -0.4 is 0 Å². The first-order chi connectivity index (χ1) is 6.73. The fourth-order valence-electron chi connectivity index (χ4n) is 0.948. The Morgan fingerprint density at radius 3 is 2.40 bits per heavy atom. The summed E-state index contributed by atoms with van der Waals surface area (Å²) in [6.07, 6.45) is 1.23. The first-order valence-electron chi connectivity index (χ1n) is 4.01. The third-order valence-corrected chi connectivity index (χ3v) is 8.14. The molecule has 1 aromatic rings. The average Bonchev–Trinajstić information content (AvgIpc) is 2.43. The summed E-state index contributed by atoms with van der Waals surface area (Å²) in [6, 6.07) is 1.84. The maximum Gasteiger partial charge on any atom is 0.151 e. The van der Waals surface area contributed by atoms with Gasteiger partial charge in [0.25, 0.3) is 0 Å². The highest BCUT2D eigenvalue weighted by Crippen LogP contribution is 2.40. The Hall–Kier alpha value is 0.900. The quantitative estimate of drug-likeness (QED) is 0.723. The monoisotopic (exact) mass is 394 g/mol. The lowest BCUT2D eigenvalue weighted by molar-refractivity contribution is 0.589. The van der Waals surface area contributed by atoms with Gasteiger partial charge in [0.05, 0.1) is 10.1 Å². The fourth-order valence-corrected chi connectivity index (χ4v) is 5.02. The maximum absolute atomic E-state index is 11.4. The van der Waals surface area contributed by atoms with Gasteiger partial charge in [-0.05, 0) is 28.9 Å². The van der Waals surface area contributed by atoms with Crippen LogP contribution in [0.5, 0.6) is 0 Å². The van der Waals surface area contributed by atoms with Gasteiger partial charge in [0.2, 0.25) is 0 Å². The van der Waals surface area contributed by atoms with Crippen LogP contribution in [0.1, 0.15) is 16.6 Å². The second-order valence-electron chi connectivity index (χ2n) is 3.21. The zero-order chi connectivity index (χ0) is 11.8. The lowest BCUT2D eigenvalue weighted by atomic mass is 10.3. The molecule has 1 heterocycles. The molecule has 1 aromatic heterocycles. The van der Waals surface area contributed by atoms with Crippen molar-refractivity contribution in [1.82, 2.24) is 0 Å². The van der Waals surface area contributed by atoms with E-state index in [1.807, 2.05) is 6.07 Å². The highest BCUT2D eigenvalue weighted by atomic mass is 79.9. The van der Waals surface area contributed by atoms with Gasteiger partial charge < -0.3 is 0 Å². The van der Waals surface area contributed by atoms with E-state index in [2.05, 4.69) is 31.9 Å². The van der Waals surface area contributed by atoms with Gasteiger partial charge in [0.1, 0.15) is 4.34 Å². The first kappa shape index (κ1) is 14.0. The largest absolute Gasteiger partial charge is 0.229 e. The number of thiophene rings is 1. The standard InChI is InChI=1S/C8H9Br2ClO2S2/c1-4(15(2,12)13)7(10)6-3-5(9)8(11)14-6/h3-4,7H,1-2H3. The Morgan fingerprint density at radius 2 is 2.07 bits per heavy atom. The molecular formula is C8H9Br2ClO2S2. The van der Waals surface area contributed by atoms with E-state index in [1.54, 1.807) is 6.92 Å². The summed E-state index contributed by atoms with van der Waals surface area (Å²) in [5, 5.41) is -0.473. The van der Waals surface area contributed by atoms with Gasteiger partial charge in [-0.25, -0.2) is 8.42 Å². The molecule has 0 fully saturated rings. The lowest BCUT2D eigenvalue weighted by Gasteiger charge is -2.14. The van der Waals surface area contributed by atoms with Crippen molar-refractivity contribution < 1.29 is 8.42 Å². The zero-order valence-electron chi connectivity index (χ0n) is 8.00. The number of alkyl halides is 1. The Morgan fingerprint density at radius 1 is 1.53 bits per heavy atom. The number of hydrogen-bond donors (Lipinski definition) is 0. The molecule has 0 N–H and O–H groups in total. The van der Waals surface area contributed by atoms with Crippen molar-refractivity contribution >= 4 is 64.6 Å². The van der Waals surface area contributed by atoms with E-state index >= 15 is 0 Å². The van der Waals surface area contributed by atoms with Gasteiger partial charge >= 0.3 is 0 Å². The predicted molar refractivity (Wildman–Crippen MR) is 73.0 cm³/mol. The molecule has 86 valence electrons. The van der Waals surface area contributed by atoms with E-state index in [4.69, 9.17) is 11.6 Å². The summed E-state index contributed by atoms with van der Waals surface area (Å²) in [7, 11) is -3.05. The second kappa shape index (κ2) is 5.04. The minimum Gasteiger partial charge on any atom is -0.229 e. The van der Waals surface area contributed by atoms with Crippen molar-refractivity contribution in [3.8, 4) is 0 Å². The number of rotatable bonds is 3. The normalized spacial score (nSPS) is 16.3. The van der Waals surface area contributed by atoms with Crippen LogP contribution in [-0.4, -0.2) is 19.9 Å². The molecule has 2 nitrogen and oxygen atoms in total. The Labute approximate surface area is 115 Å². The Kier molecular flexibility index (Phi) is 4.69. The van der Waals surface area contributed by atoms with Crippen LogP contribution in [0.4, 0.5) is 0 Å². The summed E-state index contributed by atoms with van der Waals surface area (Å²) in [4.78, 5) is 0.686. The second-order valence-corrected chi connectivity index (χ2v) is 9.14. The molecule has 0 spiro atoms. The summed E-state index contributed by atoms with van der Waals surface area (Å²) in [5.74, 6) is 0. The highest BCUT2D eigenvalue weighted by Gasteiger charge is 2.26. The van der Waals surface area contributed by atoms with Crippen LogP contribution in [0.25, 0.3) is 0 Å². The van der Waals surface area contributed by atoms with E-state index in [9.17, 15) is 8.42 Å². The van der Waals surface area contributed by atoms with E-state index in [0.29, 0.717) is 4.34 Å². The van der Waals surface area contributed by atoms with Crippen LogP contribution >= 0.6 is 54.8 Å². The topological polar surface area (TPSA) is 34.1 Å². The van der Waals surface area contributed by atoms with Crippen LogP contribution in [0.2, 0.25) is 4.34 Å². The molecule has 0 aliphatic rings. The molecule has 0 aromatic carbocycles. The third kappa shape index (κ3) is 3.43. The summed E-state index contributed by atoms with van der Waals surface area (Å²) < 4.78 is 24.2. The maximum atomic E-state index is 11.4. The van der Waals surface area contributed by atoms with Gasteiger partial charge in [-0.2, -0.15) is 0 Å². The molecule has 1 rings (SSSR count). The van der Waals surface area contributed by atoms with Gasteiger partial charge in [-0.1, -0.05) is 27.5 Å². The molecule has 0 bridgehead atoms. The molecule has 0 saturated heterocycles. The molecular weight excluding hydrogens is 387 g/mol. The Balaban J connectivity index is 3.00. The van der Waals surface area contributed by atoms with Crippen LogP contribution in [-0.2, 0) is 9.84 Å². The number of sulfone groups is 1. The van der Waals surface area contributed by atoms with Gasteiger partial charge in [0.15, 0.2) is 9.84 Å². The average molecular weight is 397 g/mol. The van der Waals surface area contributed by atoms with Crippen LogP contribution in [0, 0.1) is 0 Å². The van der Waals surface area contributed by atoms with Crippen LogP contribution in [0.3, 0.4) is 0 Å². The molecule has 0 aliphatic carbocycles. The summed E-state index contributed by atoms with van der Waals surface area (Å²) in [6.45, 7) is 1.68. The molecule has 2 unspecified atom stereocenters. The molecule has 15 heavy (non-hydrogen) atoms. The van der Waals surface area contributed by atoms with E-state index in [1.165, 1.54) is 17.6 Å². The van der Waals surface area contributed by atoms with Gasteiger partial charge in [-0.3, -0.25) is 0 Å². The van der Waals surface area contributed by atoms with E-state index in [-0.39, 0.29) is 4.83 Å². The highest BCUT2D eigenvalue weighted by molar-refractivity contribution is 9.10. The smallest absolute Gasteiger partial charge is 0.151 e. The SMILES string of the molecule is CC(C(Br)c1cc(Br)c(Cl)s1)S(C)(=O)=O. The van der Waals surface area contributed by atoms with Crippen molar-refractivity contribution in [3.63, 3.8) is 0 Å². The minimum absolute atomic E-state index is 0.221. The molecule has 0 saturated carbocycles. The van der Waals surface area contributed by atoms with Gasteiger partial charge in [-0.15, -0.1) is 11.3 Å². The predicted octanol–water partition coefficient (Wildman–Crippen LogP) is 4.03. The van der Waals surface area contributed by atoms with Crippen LogP contribution in [0.15, 0.2) is 10.5 Å². The zero-order valence-corrected chi connectivity index (χ0v) is 13.6. The van der Waals surface area contributed by atoms with Crippen molar-refractivity contribution in [2.75, 3.05) is 6.26 Å². The fraction of sp³-hybridized carbons (Fsp3) is 0.500. The molecule has 7 heteroatoms. The molecule has 0 amide bonds. The first-order valence-corrected chi connectivity index (χ1v) is 8.87. The summed E-state index contributed by atoms with van der Waals surface area (Å²) >= 11 is 13.9. The summed E-state index contributed by atoms with van der Waals surface area (Å²) in [5.41, 5.74) is 0. The van der Waals surface area contributed by atoms with E-state index in [0.717, 1.165) is 9.35 Å². The molecule has 0 aliphatic heterocycles. The molecule has 0 radical (unpaired) electrons. The van der Waals surface area contributed by atoms with Crippen molar-refractivity contribution in [3.05, 3.63) is 19.8 Å². The number of hydrogen-bond acceptors (Lipinski definition) is 3. The van der Waals surface area contributed by atoms with Gasteiger partial charge in [0, 0.05) is 15.6 Å². The minimum atomic E-state index is -3.05. The Bertz CT molecular complexity index is 436. The van der Waals surface area contributed by atoms with Crippen molar-refractivity contribution in [1.29, 1.82) is 0 Å². The third-order valence-electron chi connectivity index (χ3n) is 2.02.